The summed E-state index contributed by atoms with van der Waals surface area (Å²) in [6.45, 7) is 0. The molecule has 9 heteroatoms. The third-order valence-corrected chi connectivity index (χ3v) is 3.24. The second kappa shape index (κ2) is 5.66. The highest BCUT2D eigenvalue weighted by molar-refractivity contribution is 14.1. The molecule has 0 fully saturated rings. The highest BCUT2D eigenvalue weighted by atomic mass is 127. The molecule has 0 saturated heterocycles. The average molecular weight is 416 g/mol. The summed E-state index contributed by atoms with van der Waals surface area (Å²) in [6.07, 6.45) is -10.5. The van der Waals surface area contributed by atoms with E-state index in [1.54, 1.807) is 0 Å². The van der Waals surface area contributed by atoms with Gasteiger partial charge >= 0.3 is 18.0 Å². The summed E-state index contributed by atoms with van der Waals surface area (Å²) >= 11 is 1.87. The lowest BCUT2D eigenvalue weighted by molar-refractivity contribution is -0.358. The van der Waals surface area contributed by atoms with Crippen molar-refractivity contribution in [3.05, 3.63) is 33.4 Å². The second-order valence-corrected chi connectivity index (χ2v) is 5.29. The van der Waals surface area contributed by atoms with E-state index in [9.17, 15) is 35.8 Å². The zero-order valence-electron chi connectivity index (χ0n) is 9.56. The van der Waals surface area contributed by atoms with Crippen molar-refractivity contribution in [3.8, 4) is 0 Å². The summed E-state index contributed by atoms with van der Waals surface area (Å²) < 4.78 is 87.9. The van der Waals surface area contributed by atoms with Crippen LogP contribution in [0.1, 0.15) is 18.1 Å². The molecule has 1 atom stereocenters. The molecule has 0 heterocycles. The number of hydrogen-bond acceptors (Lipinski definition) is 1. The Morgan fingerprint density at radius 1 is 0.950 bits per heavy atom. The van der Waals surface area contributed by atoms with Crippen LogP contribution < -0.4 is 0 Å². The summed E-state index contributed by atoms with van der Waals surface area (Å²) in [6, 6.07) is 5.15. The van der Waals surface area contributed by atoms with Crippen LogP contribution in [-0.2, 0) is 0 Å². The molecule has 0 aliphatic heterocycles. The van der Waals surface area contributed by atoms with Crippen molar-refractivity contribution in [1.82, 2.24) is 0 Å². The smallest absolute Gasteiger partial charge is 0.388 e. The van der Waals surface area contributed by atoms with Gasteiger partial charge in [0.25, 0.3) is 0 Å². The van der Waals surface area contributed by atoms with E-state index < -0.39 is 30.5 Å². The summed E-state index contributed by atoms with van der Waals surface area (Å²) in [5, 5.41) is 9.39. The van der Waals surface area contributed by atoms with Crippen molar-refractivity contribution in [3.63, 3.8) is 0 Å². The van der Waals surface area contributed by atoms with E-state index in [-0.39, 0.29) is 5.56 Å². The monoisotopic (exact) mass is 416 g/mol. The van der Waals surface area contributed by atoms with E-state index in [1.165, 1.54) is 24.3 Å². The first-order valence-electron chi connectivity index (χ1n) is 5.14. The minimum absolute atomic E-state index is 0.164. The van der Waals surface area contributed by atoms with Gasteiger partial charge in [0.15, 0.2) is 0 Å². The van der Waals surface area contributed by atoms with Crippen molar-refractivity contribution in [2.24, 2.45) is 0 Å². The Labute approximate surface area is 122 Å². The van der Waals surface area contributed by atoms with Gasteiger partial charge in [-0.05, 0) is 40.3 Å². The molecule has 0 aliphatic rings. The summed E-state index contributed by atoms with van der Waals surface area (Å²) in [4.78, 5) is 0. The van der Waals surface area contributed by atoms with Gasteiger partial charge in [0.1, 0.15) is 0 Å². The molecule has 0 bridgehead atoms. The SMILES string of the molecule is OC(CC(F)(F)C(F)(F)C(F)(F)F)c1ccc(I)cc1. The Hall–Kier alpha value is -0.580. The normalized spacial score (nSPS) is 15.2. The van der Waals surface area contributed by atoms with Crippen molar-refractivity contribution >= 4 is 22.6 Å². The molecule has 1 rings (SSSR count). The molecule has 1 unspecified atom stereocenters. The first-order valence-corrected chi connectivity index (χ1v) is 6.22. The molecule has 0 aliphatic carbocycles. The van der Waals surface area contributed by atoms with Crippen LogP contribution in [0.3, 0.4) is 0 Å². The Bertz CT molecular complexity index is 455. The zero-order valence-corrected chi connectivity index (χ0v) is 11.7. The van der Waals surface area contributed by atoms with Gasteiger partial charge in [-0.15, -0.1) is 0 Å². The number of hydrogen-bond donors (Lipinski definition) is 1. The van der Waals surface area contributed by atoms with Crippen molar-refractivity contribution in [1.29, 1.82) is 0 Å². The largest absolute Gasteiger partial charge is 0.459 e. The van der Waals surface area contributed by atoms with Crippen LogP contribution >= 0.6 is 22.6 Å². The van der Waals surface area contributed by atoms with Gasteiger partial charge in [-0.1, -0.05) is 12.1 Å². The van der Waals surface area contributed by atoms with E-state index in [4.69, 9.17) is 0 Å². The first-order chi connectivity index (χ1) is 8.88. The van der Waals surface area contributed by atoms with Crippen LogP contribution in [0.5, 0.6) is 0 Å². The van der Waals surface area contributed by atoms with Gasteiger partial charge in [0, 0.05) is 9.99 Å². The van der Waals surface area contributed by atoms with E-state index >= 15 is 0 Å². The minimum atomic E-state index is -6.39. The maximum atomic E-state index is 13.1. The lowest BCUT2D eigenvalue weighted by atomic mass is 9.99. The predicted molar refractivity (Wildman–Crippen MR) is 64.7 cm³/mol. The Morgan fingerprint density at radius 2 is 1.40 bits per heavy atom. The van der Waals surface area contributed by atoms with Crippen molar-refractivity contribution in [2.75, 3.05) is 0 Å². The van der Waals surface area contributed by atoms with Crippen LogP contribution in [0.4, 0.5) is 30.7 Å². The first kappa shape index (κ1) is 17.5. The molecule has 0 radical (unpaired) electrons. The number of halogens is 8. The maximum Gasteiger partial charge on any atom is 0.459 e. The predicted octanol–water partition coefficient (Wildman–Crippen LogP) is 4.55. The minimum Gasteiger partial charge on any atom is -0.388 e. The summed E-state index contributed by atoms with van der Waals surface area (Å²) in [7, 11) is 0. The highest BCUT2D eigenvalue weighted by Crippen LogP contribution is 2.49. The lowest BCUT2D eigenvalue weighted by Gasteiger charge is -2.29. The van der Waals surface area contributed by atoms with Crippen molar-refractivity contribution in [2.45, 2.75) is 30.5 Å². The second-order valence-electron chi connectivity index (χ2n) is 4.05. The third-order valence-electron chi connectivity index (χ3n) is 2.52. The molecule has 0 amide bonds. The fourth-order valence-corrected chi connectivity index (χ4v) is 1.74. The molecule has 0 spiro atoms. The van der Waals surface area contributed by atoms with Crippen LogP contribution in [0.2, 0.25) is 0 Å². The van der Waals surface area contributed by atoms with Crippen LogP contribution in [0.15, 0.2) is 24.3 Å². The summed E-state index contributed by atoms with van der Waals surface area (Å²) in [5.41, 5.74) is -0.164. The Kier molecular flexibility index (Phi) is 4.95. The lowest BCUT2D eigenvalue weighted by Crippen LogP contribution is -2.52. The van der Waals surface area contributed by atoms with Gasteiger partial charge in [-0.2, -0.15) is 30.7 Å². The molecule has 1 nitrogen and oxygen atoms in total. The van der Waals surface area contributed by atoms with Gasteiger partial charge in [0.05, 0.1) is 6.10 Å². The van der Waals surface area contributed by atoms with Crippen LogP contribution in [0.25, 0.3) is 0 Å². The molecule has 0 aromatic heterocycles. The molecule has 1 aromatic carbocycles. The fraction of sp³-hybridized carbons (Fsp3) is 0.455. The highest BCUT2D eigenvalue weighted by Gasteiger charge is 2.72. The van der Waals surface area contributed by atoms with Gasteiger partial charge in [-0.3, -0.25) is 0 Å². The van der Waals surface area contributed by atoms with Crippen LogP contribution in [-0.4, -0.2) is 23.1 Å². The molecule has 1 N–H and O–H groups in total. The molecule has 114 valence electrons. The quantitative estimate of drug-likeness (QED) is 0.565. The maximum absolute atomic E-state index is 13.1. The molecule has 1 aromatic rings. The molecular formula is C11H8F7IO. The third kappa shape index (κ3) is 3.54. The fourth-order valence-electron chi connectivity index (χ4n) is 1.38. The molecule has 20 heavy (non-hydrogen) atoms. The average Bonchev–Trinajstić information content (AvgIpc) is 2.27. The van der Waals surface area contributed by atoms with Gasteiger partial charge in [0.2, 0.25) is 0 Å². The van der Waals surface area contributed by atoms with E-state index in [2.05, 4.69) is 0 Å². The number of alkyl halides is 7. The van der Waals surface area contributed by atoms with Crippen molar-refractivity contribution < 1.29 is 35.8 Å². The molecular weight excluding hydrogens is 408 g/mol. The zero-order chi connectivity index (χ0) is 15.8. The van der Waals surface area contributed by atoms with E-state index in [0.29, 0.717) is 3.57 Å². The molecule has 0 saturated carbocycles. The standard InChI is InChI=1S/C11H8F7IO/c12-9(13,10(14,15)11(16,17)18)5-8(20)6-1-3-7(19)4-2-6/h1-4,8,20H,5H2. The number of benzene rings is 1. The van der Waals surface area contributed by atoms with E-state index in [1.807, 2.05) is 22.6 Å². The summed E-state index contributed by atoms with van der Waals surface area (Å²) in [5.74, 6) is -11.6. The Balaban J connectivity index is 2.93. The number of rotatable bonds is 4. The van der Waals surface area contributed by atoms with Crippen LogP contribution in [0, 0.1) is 3.57 Å². The van der Waals surface area contributed by atoms with E-state index in [0.717, 1.165) is 0 Å². The van der Waals surface area contributed by atoms with Gasteiger partial charge in [-0.25, -0.2) is 0 Å². The number of aliphatic hydroxyl groups is 1. The number of aliphatic hydroxyl groups excluding tert-OH is 1. The topological polar surface area (TPSA) is 20.2 Å². The Morgan fingerprint density at radius 3 is 1.80 bits per heavy atom. The van der Waals surface area contributed by atoms with Gasteiger partial charge < -0.3 is 5.11 Å².